The lowest BCUT2D eigenvalue weighted by molar-refractivity contribution is -0.167. The molecular weight excluding hydrogens is 961 g/mol. The van der Waals surface area contributed by atoms with Gasteiger partial charge >= 0.3 is 17.9 Å². The van der Waals surface area contributed by atoms with Crippen molar-refractivity contribution in [1.82, 2.24) is 0 Å². The Labute approximate surface area is 482 Å². The van der Waals surface area contributed by atoms with E-state index in [1.165, 1.54) is 116 Å². The first-order valence-corrected chi connectivity index (χ1v) is 32.5. The minimum atomic E-state index is -0.796. The second kappa shape index (κ2) is 65.3. The van der Waals surface area contributed by atoms with Gasteiger partial charge in [-0.2, -0.15) is 0 Å². The molecule has 6 nitrogen and oxygen atoms in total. The highest BCUT2D eigenvalue weighted by Crippen LogP contribution is 2.15. The fourth-order valence-electron chi connectivity index (χ4n) is 8.80. The topological polar surface area (TPSA) is 78.9 Å². The minimum absolute atomic E-state index is 0.0922. The number of esters is 3. The van der Waals surface area contributed by atoms with Crippen molar-refractivity contribution in [2.24, 2.45) is 0 Å². The number of carbonyl (C=O) groups excluding carboxylic acids is 3. The van der Waals surface area contributed by atoms with Crippen molar-refractivity contribution in [1.29, 1.82) is 0 Å². The van der Waals surface area contributed by atoms with Gasteiger partial charge in [0.25, 0.3) is 0 Å². The molecule has 444 valence electrons. The van der Waals surface area contributed by atoms with Gasteiger partial charge in [0.2, 0.25) is 0 Å². The van der Waals surface area contributed by atoms with Crippen molar-refractivity contribution in [3.8, 4) is 0 Å². The maximum atomic E-state index is 12.9. The van der Waals surface area contributed by atoms with Gasteiger partial charge < -0.3 is 14.2 Å². The molecule has 0 aromatic heterocycles. The summed E-state index contributed by atoms with van der Waals surface area (Å²) in [5, 5.41) is 0. The van der Waals surface area contributed by atoms with Crippen LogP contribution in [0.5, 0.6) is 0 Å². The second-order valence-corrected chi connectivity index (χ2v) is 21.3. The van der Waals surface area contributed by atoms with Crippen LogP contribution in [0, 0.1) is 0 Å². The van der Waals surface area contributed by atoms with Gasteiger partial charge in [0.1, 0.15) is 13.2 Å². The average molecular weight is 1080 g/mol. The first kappa shape index (κ1) is 73.8. The number of rotatable bonds is 58. The number of ether oxygens (including phenoxy) is 3. The van der Waals surface area contributed by atoms with Crippen LogP contribution in [0.3, 0.4) is 0 Å². The van der Waals surface area contributed by atoms with Crippen molar-refractivity contribution in [3.05, 3.63) is 122 Å². The van der Waals surface area contributed by atoms with E-state index in [1.54, 1.807) is 0 Å². The van der Waals surface area contributed by atoms with E-state index < -0.39 is 6.10 Å². The zero-order valence-corrected chi connectivity index (χ0v) is 50.9. The maximum absolute atomic E-state index is 12.9. The summed E-state index contributed by atoms with van der Waals surface area (Å²) in [7, 11) is 0. The van der Waals surface area contributed by atoms with Gasteiger partial charge in [0.15, 0.2) is 6.10 Å². The monoisotopic (exact) mass is 1080 g/mol. The highest BCUT2D eigenvalue weighted by atomic mass is 16.6. The van der Waals surface area contributed by atoms with Crippen molar-refractivity contribution in [3.63, 3.8) is 0 Å². The summed E-state index contributed by atoms with van der Waals surface area (Å²) >= 11 is 0. The van der Waals surface area contributed by atoms with Crippen molar-refractivity contribution < 1.29 is 28.6 Å². The van der Waals surface area contributed by atoms with E-state index >= 15 is 0 Å². The summed E-state index contributed by atoms with van der Waals surface area (Å²) in [5.74, 6) is -0.919. The summed E-state index contributed by atoms with van der Waals surface area (Å²) in [6.07, 6.45) is 90.6. The highest BCUT2D eigenvalue weighted by molar-refractivity contribution is 5.71. The molecule has 0 saturated carbocycles. The molecule has 0 amide bonds. The van der Waals surface area contributed by atoms with Gasteiger partial charge in [-0.3, -0.25) is 14.4 Å². The Hall–Kier alpha value is -4.19. The van der Waals surface area contributed by atoms with E-state index in [1.807, 2.05) is 0 Å². The summed E-state index contributed by atoms with van der Waals surface area (Å²) < 4.78 is 16.9. The lowest BCUT2D eigenvalue weighted by Gasteiger charge is -2.18. The van der Waals surface area contributed by atoms with Crippen LogP contribution >= 0.6 is 0 Å². The number of hydrogen-bond donors (Lipinski definition) is 0. The molecule has 0 aromatic carbocycles. The van der Waals surface area contributed by atoms with Crippen LogP contribution in [0.2, 0.25) is 0 Å². The molecule has 0 fully saturated rings. The minimum Gasteiger partial charge on any atom is -0.462 e. The number of hydrogen-bond acceptors (Lipinski definition) is 6. The smallest absolute Gasteiger partial charge is 0.306 e. The number of unbranched alkanes of at least 4 members (excludes halogenated alkanes) is 27. The fraction of sp³-hybridized carbons (Fsp3) is 0.681. The molecular formula is C72H120O6. The van der Waals surface area contributed by atoms with Crippen LogP contribution < -0.4 is 0 Å². The lowest BCUT2D eigenvalue weighted by Crippen LogP contribution is -2.30. The molecule has 0 heterocycles. The summed E-state index contributed by atoms with van der Waals surface area (Å²) in [6, 6.07) is 0. The molecule has 0 aromatic rings. The largest absolute Gasteiger partial charge is 0.462 e. The third-order valence-electron chi connectivity index (χ3n) is 13.7. The fourth-order valence-corrected chi connectivity index (χ4v) is 8.80. The molecule has 0 bridgehead atoms. The lowest BCUT2D eigenvalue weighted by atomic mass is 10.1. The third kappa shape index (κ3) is 62.7. The molecule has 1 atom stereocenters. The van der Waals surface area contributed by atoms with Gasteiger partial charge in [-0.25, -0.2) is 0 Å². The zero-order chi connectivity index (χ0) is 56.4. The molecule has 0 aliphatic carbocycles. The Morgan fingerprint density at radius 3 is 0.821 bits per heavy atom. The maximum Gasteiger partial charge on any atom is 0.306 e. The van der Waals surface area contributed by atoms with Crippen LogP contribution in [0.15, 0.2) is 122 Å². The van der Waals surface area contributed by atoms with E-state index in [-0.39, 0.29) is 31.1 Å². The average Bonchev–Trinajstić information content (AvgIpc) is 3.44. The Morgan fingerprint density at radius 1 is 0.269 bits per heavy atom. The van der Waals surface area contributed by atoms with Crippen LogP contribution in [0.25, 0.3) is 0 Å². The van der Waals surface area contributed by atoms with Gasteiger partial charge in [-0.05, 0) is 135 Å². The van der Waals surface area contributed by atoms with E-state index in [0.717, 1.165) is 141 Å². The van der Waals surface area contributed by atoms with E-state index in [4.69, 9.17) is 14.2 Å². The van der Waals surface area contributed by atoms with Crippen LogP contribution in [-0.2, 0) is 28.6 Å². The predicted molar refractivity (Wildman–Crippen MR) is 339 cm³/mol. The molecule has 1 unspecified atom stereocenters. The Bertz CT molecular complexity index is 1620. The van der Waals surface area contributed by atoms with Gasteiger partial charge in [-0.15, -0.1) is 0 Å². The Balaban J connectivity index is 4.38. The molecule has 0 N–H and O–H groups in total. The molecule has 0 radical (unpaired) electrons. The molecule has 0 aliphatic heterocycles. The van der Waals surface area contributed by atoms with Crippen molar-refractivity contribution in [2.45, 2.75) is 303 Å². The highest BCUT2D eigenvalue weighted by Gasteiger charge is 2.19. The predicted octanol–water partition coefficient (Wildman–Crippen LogP) is 22.4. The quantitative estimate of drug-likeness (QED) is 0.0261. The summed E-state index contributed by atoms with van der Waals surface area (Å²) in [5.41, 5.74) is 0. The summed E-state index contributed by atoms with van der Waals surface area (Å²) in [4.78, 5) is 38.3. The Morgan fingerprint density at radius 2 is 0.500 bits per heavy atom. The first-order valence-electron chi connectivity index (χ1n) is 32.5. The molecule has 0 spiro atoms. The second-order valence-electron chi connectivity index (χ2n) is 21.3. The SMILES string of the molecule is CC/C=C\C/C=C\C/C=C\C/C=C\C/C=C\C/C=C\CCCCCCCCC(=O)OCC(COC(=O)CCCCCCC/C=C\CCCCC)OC(=O)CCCCCCCCCC/C=C\C/C=C\C/C=C\CCCCCCC. The summed E-state index contributed by atoms with van der Waals surface area (Å²) in [6.45, 7) is 6.48. The van der Waals surface area contributed by atoms with Gasteiger partial charge in [-0.1, -0.05) is 264 Å². The molecule has 0 aliphatic rings. The van der Waals surface area contributed by atoms with E-state index in [9.17, 15) is 14.4 Å². The molecule has 78 heavy (non-hydrogen) atoms. The molecule has 0 rings (SSSR count). The van der Waals surface area contributed by atoms with Crippen LogP contribution in [0.4, 0.5) is 0 Å². The van der Waals surface area contributed by atoms with Crippen molar-refractivity contribution >= 4 is 17.9 Å². The Kier molecular flexibility index (Phi) is 61.8. The van der Waals surface area contributed by atoms with Crippen LogP contribution in [-0.4, -0.2) is 37.2 Å². The zero-order valence-electron chi connectivity index (χ0n) is 50.9. The van der Waals surface area contributed by atoms with E-state index in [2.05, 4.69) is 142 Å². The van der Waals surface area contributed by atoms with Crippen molar-refractivity contribution in [2.75, 3.05) is 13.2 Å². The van der Waals surface area contributed by atoms with Gasteiger partial charge in [0.05, 0.1) is 0 Å². The third-order valence-corrected chi connectivity index (χ3v) is 13.7. The van der Waals surface area contributed by atoms with E-state index in [0.29, 0.717) is 19.3 Å². The number of carbonyl (C=O) groups is 3. The molecule has 6 heteroatoms. The first-order chi connectivity index (χ1) is 38.5. The number of allylic oxidation sites excluding steroid dienone is 20. The van der Waals surface area contributed by atoms with Crippen LogP contribution in [0.1, 0.15) is 297 Å². The normalized spacial score (nSPS) is 12.9. The molecule has 0 saturated heterocycles. The standard InChI is InChI=1S/C72H120O6/c1-4-7-10-13-16-19-22-25-27-29-31-33-35-36-38-39-41-43-45-47-50-53-56-59-62-65-71(74)77-68-69(67-76-70(73)64-61-58-55-52-49-24-21-18-15-12-9-6-3)78-72(75)66-63-60-57-54-51-48-46-44-42-40-37-34-32-30-28-26-23-20-17-14-11-8-5-2/h7,10,16,18-19,21,23,25-27,30-33,36-38,40-41,43,69H,4-6,8-9,11-15,17,20,22,24,28-29,34-35,39,42,44-68H2,1-3H3/b10-7-,19-16-,21-18-,26-23-,27-25-,32-30-,33-31-,38-36-,40-37-,43-41-. The van der Waals surface area contributed by atoms with Gasteiger partial charge in [0, 0.05) is 19.3 Å².